The second-order valence-electron chi connectivity index (χ2n) is 5.42. The molecule has 1 aliphatic carbocycles. The van der Waals surface area contributed by atoms with E-state index >= 15 is 0 Å². The number of aliphatic hydroxyl groups is 1. The molecule has 1 atom stereocenters. The minimum atomic E-state index is -0.233. The van der Waals surface area contributed by atoms with Crippen molar-refractivity contribution in [3.63, 3.8) is 0 Å². The van der Waals surface area contributed by atoms with Gasteiger partial charge in [0.25, 0.3) is 0 Å². The molecule has 1 fully saturated rings. The van der Waals surface area contributed by atoms with Crippen LogP contribution in [0.15, 0.2) is 6.07 Å². The van der Waals surface area contributed by atoms with Gasteiger partial charge in [0.05, 0.1) is 6.10 Å². The number of aryl methyl sites for hydroxylation is 1. The van der Waals surface area contributed by atoms with Crippen LogP contribution in [-0.4, -0.2) is 22.9 Å². The molecule has 1 aliphatic heterocycles. The van der Waals surface area contributed by atoms with Gasteiger partial charge >= 0.3 is 0 Å². The first kappa shape index (κ1) is 11.1. The largest absolute Gasteiger partial charge is 0.388 e. The van der Waals surface area contributed by atoms with E-state index in [-0.39, 0.29) is 6.10 Å². The van der Waals surface area contributed by atoms with Gasteiger partial charge in [-0.1, -0.05) is 0 Å². The first-order valence-electron chi connectivity index (χ1n) is 6.92. The Hall–Kier alpha value is -0.960. The van der Waals surface area contributed by atoms with Crippen LogP contribution in [0.3, 0.4) is 0 Å². The molecule has 1 unspecified atom stereocenters. The molecule has 0 saturated carbocycles. The molecule has 1 saturated heterocycles. The summed E-state index contributed by atoms with van der Waals surface area (Å²) in [6.07, 6.45) is 6.90. The zero-order chi connectivity index (χ0) is 11.8. The van der Waals surface area contributed by atoms with Gasteiger partial charge in [0.15, 0.2) is 0 Å². The average Bonchev–Trinajstić information content (AvgIpc) is 2.68. The lowest BCUT2D eigenvalue weighted by Gasteiger charge is -2.34. The molecule has 0 aromatic carbocycles. The molecule has 1 aromatic rings. The van der Waals surface area contributed by atoms with Crippen LogP contribution in [0, 0.1) is 6.92 Å². The van der Waals surface area contributed by atoms with E-state index in [9.17, 15) is 5.11 Å². The molecule has 0 radical (unpaired) electrons. The van der Waals surface area contributed by atoms with Crippen molar-refractivity contribution < 1.29 is 5.11 Å². The molecule has 1 N–H and O–H groups in total. The Kier molecular flexibility index (Phi) is 2.87. The van der Waals surface area contributed by atoms with Gasteiger partial charge in [-0.25, -0.2) is 0 Å². The summed E-state index contributed by atoms with van der Waals surface area (Å²) in [4.78, 5) is 0. The summed E-state index contributed by atoms with van der Waals surface area (Å²) in [6.45, 7) is 4.50. The highest BCUT2D eigenvalue weighted by Crippen LogP contribution is 2.32. The second kappa shape index (κ2) is 4.37. The van der Waals surface area contributed by atoms with Crippen molar-refractivity contribution in [2.24, 2.45) is 0 Å². The molecule has 3 rings (SSSR count). The predicted molar refractivity (Wildman–Crippen MR) is 68.9 cm³/mol. The Bertz CT molecular complexity index is 405. The van der Waals surface area contributed by atoms with Gasteiger partial charge in [-0.3, -0.25) is 4.68 Å². The van der Waals surface area contributed by atoms with Crippen LogP contribution in [0.1, 0.15) is 55.2 Å². The van der Waals surface area contributed by atoms with Crippen molar-refractivity contribution in [2.75, 3.05) is 18.1 Å². The van der Waals surface area contributed by atoms with E-state index in [0.717, 1.165) is 32.4 Å². The average molecular weight is 234 g/mol. The van der Waals surface area contributed by atoms with Crippen LogP contribution in [-0.2, 0) is 6.42 Å². The number of aromatic nitrogens is 1. The van der Waals surface area contributed by atoms with Crippen LogP contribution in [0.2, 0.25) is 0 Å². The lowest BCUT2D eigenvalue weighted by molar-refractivity contribution is 0.155. The number of hydrogen-bond acceptors (Lipinski definition) is 2. The Labute approximate surface area is 103 Å². The van der Waals surface area contributed by atoms with Gasteiger partial charge in [0.1, 0.15) is 0 Å². The fourth-order valence-corrected chi connectivity index (χ4v) is 3.33. The molecule has 17 heavy (non-hydrogen) atoms. The fourth-order valence-electron chi connectivity index (χ4n) is 3.33. The minimum Gasteiger partial charge on any atom is -0.388 e. The van der Waals surface area contributed by atoms with Crippen molar-refractivity contribution >= 4 is 0 Å². The Morgan fingerprint density at radius 3 is 2.71 bits per heavy atom. The maximum atomic E-state index is 10.1. The Morgan fingerprint density at radius 2 is 1.94 bits per heavy atom. The highest BCUT2D eigenvalue weighted by molar-refractivity contribution is 5.33. The molecular formula is C14H22N2O. The molecule has 1 aromatic heterocycles. The quantitative estimate of drug-likeness (QED) is 0.807. The molecule has 2 heterocycles. The molecule has 2 aliphatic rings. The Morgan fingerprint density at radius 1 is 1.18 bits per heavy atom. The summed E-state index contributed by atoms with van der Waals surface area (Å²) in [5.41, 5.74) is 3.83. The molecule has 0 amide bonds. The molecule has 3 nitrogen and oxygen atoms in total. The maximum Gasteiger partial charge on any atom is 0.0808 e. The first-order chi connectivity index (χ1) is 8.27. The molecule has 0 spiro atoms. The summed E-state index contributed by atoms with van der Waals surface area (Å²) in [5, 5.41) is 12.5. The number of aliphatic hydroxyl groups excluding tert-OH is 1. The smallest absolute Gasteiger partial charge is 0.0808 e. The number of piperidine rings is 1. The van der Waals surface area contributed by atoms with Crippen LogP contribution in [0.25, 0.3) is 0 Å². The number of rotatable bonds is 1. The number of nitrogens with zero attached hydrogens (tertiary/aromatic N) is 2. The van der Waals surface area contributed by atoms with Gasteiger partial charge in [-0.15, -0.1) is 0 Å². The number of hydrogen-bond donors (Lipinski definition) is 1. The van der Waals surface area contributed by atoms with E-state index in [4.69, 9.17) is 0 Å². The molecule has 0 bridgehead atoms. The minimum absolute atomic E-state index is 0.233. The third-order valence-electron chi connectivity index (χ3n) is 4.15. The third kappa shape index (κ3) is 1.86. The molecule has 3 heteroatoms. The van der Waals surface area contributed by atoms with Crippen molar-refractivity contribution in [3.8, 4) is 0 Å². The monoisotopic (exact) mass is 234 g/mol. The Balaban J connectivity index is 1.98. The zero-order valence-corrected chi connectivity index (χ0v) is 10.7. The SMILES string of the molecule is Cc1cc2c(n1N1CCCCC1)CCCC2O. The zero-order valence-electron chi connectivity index (χ0n) is 10.7. The van der Waals surface area contributed by atoms with Gasteiger partial charge in [0.2, 0.25) is 0 Å². The summed E-state index contributed by atoms with van der Waals surface area (Å²) in [7, 11) is 0. The summed E-state index contributed by atoms with van der Waals surface area (Å²) < 4.78 is 2.39. The van der Waals surface area contributed by atoms with E-state index < -0.39 is 0 Å². The third-order valence-corrected chi connectivity index (χ3v) is 4.15. The van der Waals surface area contributed by atoms with Gasteiger partial charge in [-0.2, -0.15) is 0 Å². The maximum absolute atomic E-state index is 10.1. The van der Waals surface area contributed by atoms with E-state index in [1.807, 2.05) is 0 Å². The van der Waals surface area contributed by atoms with Crippen molar-refractivity contribution in [1.82, 2.24) is 4.68 Å². The second-order valence-corrected chi connectivity index (χ2v) is 5.42. The standard InChI is InChI=1S/C14H22N2O/c1-11-10-12-13(6-5-7-14(12)17)16(11)15-8-3-2-4-9-15/h10,14,17H,2-9H2,1H3. The topological polar surface area (TPSA) is 28.4 Å². The van der Waals surface area contributed by atoms with Crippen molar-refractivity contribution in [2.45, 2.75) is 51.6 Å². The molecule has 94 valence electrons. The normalized spacial score (nSPS) is 24.8. The van der Waals surface area contributed by atoms with E-state index in [0.29, 0.717) is 0 Å². The van der Waals surface area contributed by atoms with Gasteiger partial charge in [-0.05, 0) is 51.5 Å². The van der Waals surface area contributed by atoms with Gasteiger partial charge < -0.3 is 10.1 Å². The van der Waals surface area contributed by atoms with E-state index in [1.165, 1.54) is 36.2 Å². The number of fused-ring (bicyclic) bond motifs is 1. The van der Waals surface area contributed by atoms with Crippen LogP contribution >= 0.6 is 0 Å². The van der Waals surface area contributed by atoms with E-state index in [1.54, 1.807) is 0 Å². The molecular weight excluding hydrogens is 212 g/mol. The van der Waals surface area contributed by atoms with Crippen LogP contribution < -0.4 is 5.01 Å². The summed E-state index contributed by atoms with van der Waals surface area (Å²) in [6, 6.07) is 2.19. The summed E-state index contributed by atoms with van der Waals surface area (Å²) >= 11 is 0. The van der Waals surface area contributed by atoms with Gasteiger partial charge in [0, 0.05) is 30.0 Å². The highest BCUT2D eigenvalue weighted by atomic mass is 16.3. The highest BCUT2D eigenvalue weighted by Gasteiger charge is 2.25. The lowest BCUT2D eigenvalue weighted by Crippen LogP contribution is -2.41. The predicted octanol–water partition coefficient (Wildman–Crippen LogP) is 2.29. The lowest BCUT2D eigenvalue weighted by atomic mass is 9.95. The van der Waals surface area contributed by atoms with Crippen LogP contribution in [0.4, 0.5) is 0 Å². The first-order valence-corrected chi connectivity index (χ1v) is 6.92. The van der Waals surface area contributed by atoms with E-state index in [2.05, 4.69) is 22.7 Å². The van der Waals surface area contributed by atoms with Crippen molar-refractivity contribution in [1.29, 1.82) is 0 Å². The van der Waals surface area contributed by atoms with Crippen LogP contribution in [0.5, 0.6) is 0 Å². The van der Waals surface area contributed by atoms with Crippen molar-refractivity contribution in [3.05, 3.63) is 23.0 Å². The fraction of sp³-hybridized carbons (Fsp3) is 0.714. The summed E-state index contributed by atoms with van der Waals surface area (Å²) in [5.74, 6) is 0.